The van der Waals surface area contributed by atoms with E-state index in [9.17, 15) is 13.5 Å². The van der Waals surface area contributed by atoms with Gasteiger partial charge in [-0.3, -0.25) is 0 Å². The molecule has 1 saturated carbocycles. The molecule has 21 heavy (non-hydrogen) atoms. The standard InChI is InChI=1S/C15H22N2O3S/c18-11-12-7-9-17(10-8-12)14-3-1-2-4-15(14)21(19,20)16-13-5-6-13/h1-4,12-13,16,18H,5-11H2. The average molecular weight is 310 g/mol. The fourth-order valence-electron chi connectivity index (χ4n) is 2.79. The summed E-state index contributed by atoms with van der Waals surface area (Å²) in [5, 5.41) is 9.21. The van der Waals surface area contributed by atoms with E-state index in [0.717, 1.165) is 44.5 Å². The number of piperidine rings is 1. The topological polar surface area (TPSA) is 69.6 Å². The Bertz CT molecular complexity index is 591. The summed E-state index contributed by atoms with van der Waals surface area (Å²) >= 11 is 0. The van der Waals surface area contributed by atoms with Crippen LogP contribution in [-0.4, -0.2) is 39.3 Å². The Morgan fingerprint density at radius 1 is 1.14 bits per heavy atom. The van der Waals surface area contributed by atoms with Gasteiger partial charge in [0.1, 0.15) is 4.90 Å². The molecule has 1 aromatic rings. The number of aliphatic hydroxyl groups excluding tert-OH is 1. The monoisotopic (exact) mass is 310 g/mol. The van der Waals surface area contributed by atoms with E-state index >= 15 is 0 Å². The fourth-order valence-corrected chi connectivity index (χ4v) is 4.32. The summed E-state index contributed by atoms with van der Waals surface area (Å²) in [4.78, 5) is 2.49. The lowest BCUT2D eigenvalue weighted by Gasteiger charge is -2.33. The third-order valence-electron chi connectivity index (χ3n) is 4.27. The summed E-state index contributed by atoms with van der Waals surface area (Å²) in [5.41, 5.74) is 0.780. The van der Waals surface area contributed by atoms with Crippen LogP contribution < -0.4 is 9.62 Å². The number of aliphatic hydroxyl groups is 1. The largest absolute Gasteiger partial charge is 0.396 e. The molecule has 2 fully saturated rings. The van der Waals surface area contributed by atoms with E-state index in [4.69, 9.17) is 0 Å². The molecule has 5 nitrogen and oxygen atoms in total. The molecule has 1 aliphatic heterocycles. The minimum Gasteiger partial charge on any atom is -0.396 e. The maximum atomic E-state index is 12.5. The van der Waals surface area contributed by atoms with Crippen LogP contribution in [-0.2, 0) is 10.0 Å². The smallest absolute Gasteiger partial charge is 0.242 e. The van der Waals surface area contributed by atoms with Crippen molar-refractivity contribution < 1.29 is 13.5 Å². The van der Waals surface area contributed by atoms with Crippen LogP contribution >= 0.6 is 0 Å². The minimum atomic E-state index is -3.44. The van der Waals surface area contributed by atoms with E-state index in [2.05, 4.69) is 9.62 Å². The van der Waals surface area contributed by atoms with Crippen molar-refractivity contribution in [1.29, 1.82) is 0 Å². The van der Waals surface area contributed by atoms with Gasteiger partial charge >= 0.3 is 0 Å². The fraction of sp³-hybridized carbons (Fsp3) is 0.600. The highest BCUT2D eigenvalue weighted by atomic mass is 32.2. The second-order valence-electron chi connectivity index (χ2n) is 5.98. The highest BCUT2D eigenvalue weighted by Gasteiger charge is 2.30. The first-order valence-electron chi connectivity index (χ1n) is 7.57. The quantitative estimate of drug-likeness (QED) is 0.861. The highest BCUT2D eigenvalue weighted by Crippen LogP contribution is 2.30. The maximum Gasteiger partial charge on any atom is 0.242 e. The molecule has 1 heterocycles. The van der Waals surface area contributed by atoms with Gasteiger partial charge in [0.05, 0.1) is 5.69 Å². The van der Waals surface area contributed by atoms with Gasteiger partial charge in [0.15, 0.2) is 0 Å². The van der Waals surface area contributed by atoms with Crippen molar-refractivity contribution >= 4 is 15.7 Å². The van der Waals surface area contributed by atoms with E-state index < -0.39 is 10.0 Å². The van der Waals surface area contributed by atoms with Crippen LogP contribution in [0.25, 0.3) is 0 Å². The second kappa shape index (κ2) is 5.94. The Hall–Kier alpha value is -1.11. The van der Waals surface area contributed by atoms with Gasteiger partial charge in [-0.05, 0) is 43.7 Å². The molecule has 1 aliphatic carbocycles. The Morgan fingerprint density at radius 3 is 2.43 bits per heavy atom. The van der Waals surface area contributed by atoms with Crippen LogP contribution in [0.5, 0.6) is 0 Å². The molecular formula is C15H22N2O3S. The summed E-state index contributed by atoms with van der Waals surface area (Å²) in [6, 6.07) is 7.32. The van der Waals surface area contributed by atoms with Crippen LogP contribution in [0, 0.1) is 5.92 Å². The highest BCUT2D eigenvalue weighted by molar-refractivity contribution is 7.89. The first-order valence-corrected chi connectivity index (χ1v) is 9.05. The van der Waals surface area contributed by atoms with Crippen molar-refractivity contribution in [3.05, 3.63) is 24.3 Å². The van der Waals surface area contributed by atoms with Crippen molar-refractivity contribution in [3.63, 3.8) is 0 Å². The first kappa shape index (κ1) is 14.8. The molecule has 2 aliphatic rings. The molecule has 0 radical (unpaired) electrons. The van der Waals surface area contributed by atoms with Gasteiger partial charge in [0.2, 0.25) is 10.0 Å². The Balaban J connectivity index is 1.82. The van der Waals surface area contributed by atoms with Crippen LogP contribution in [0.4, 0.5) is 5.69 Å². The molecule has 2 N–H and O–H groups in total. The predicted octanol–water partition coefficient (Wildman–Crippen LogP) is 1.34. The maximum absolute atomic E-state index is 12.5. The number of hydrogen-bond donors (Lipinski definition) is 2. The van der Waals surface area contributed by atoms with E-state index in [1.807, 2.05) is 12.1 Å². The molecule has 0 aromatic heterocycles. The van der Waals surface area contributed by atoms with Gasteiger partial charge in [0, 0.05) is 25.7 Å². The zero-order valence-corrected chi connectivity index (χ0v) is 12.8. The van der Waals surface area contributed by atoms with Crippen molar-refractivity contribution in [3.8, 4) is 0 Å². The van der Waals surface area contributed by atoms with Gasteiger partial charge < -0.3 is 10.0 Å². The molecule has 3 rings (SSSR count). The third kappa shape index (κ3) is 3.39. The number of nitrogens with zero attached hydrogens (tertiary/aromatic N) is 1. The summed E-state index contributed by atoms with van der Waals surface area (Å²) in [6.07, 6.45) is 3.68. The molecule has 1 saturated heterocycles. The van der Waals surface area contributed by atoms with E-state index in [1.54, 1.807) is 12.1 Å². The Labute approximate surface area is 126 Å². The molecule has 0 bridgehead atoms. The molecule has 0 spiro atoms. The average Bonchev–Trinajstić information content (AvgIpc) is 3.31. The normalized spacial score (nSPS) is 20.7. The van der Waals surface area contributed by atoms with Crippen molar-refractivity contribution in [2.45, 2.75) is 36.6 Å². The summed E-state index contributed by atoms with van der Waals surface area (Å²) in [6.45, 7) is 1.80. The zero-order valence-electron chi connectivity index (χ0n) is 12.0. The van der Waals surface area contributed by atoms with Crippen molar-refractivity contribution in [2.24, 2.45) is 5.92 Å². The van der Waals surface area contributed by atoms with Gasteiger partial charge in [0.25, 0.3) is 0 Å². The van der Waals surface area contributed by atoms with Crippen LogP contribution in [0.2, 0.25) is 0 Å². The number of sulfonamides is 1. The molecule has 1 aromatic carbocycles. The summed E-state index contributed by atoms with van der Waals surface area (Å²) < 4.78 is 27.7. The molecule has 6 heteroatoms. The number of benzene rings is 1. The predicted molar refractivity (Wildman–Crippen MR) is 81.8 cm³/mol. The molecule has 0 unspecified atom stereocenters. The van der Waals surface area contributed by atoms with Crippen LogP contribution in [0.3, 0.4) is 0 Å². The summed E-state index contributed by atoms with van der Waals surface area (Å²) in [5.74, 6) is 0.342. The van der Waals surface area contributed by atoms with Crippen LogP contribution in [0.1, 0.15) is 25.7 Å². The van der Waals surface area contributed by atoms with Gasteiger partial charge in [-0.25, -0.2) is 13.1 Å². The Kier molecular flexibility index (Phi) is 4.19. The molecule has 0 amide bonds. The lowest BCUT2D eigenvalue weighted by molar-refractivity contribution is 0.203. The summed E-state index contributed by atoms with van der Waals surface area (Å²) in [7, 11) is -3.44. The van der Waals surface area contributed by atoms with E-state index in [1.165, 1.54) is 0 Å². The van der Waals surface area contributed by atoms with Gasteiger partial charge in [-0.15, -0.1) is 0 Å². The zero-order chi connectivity index (χ0) is 14.9. The van der Waals surface area contributed by atoms with Crippen molar-refractivity contribution in [2.75, 3.05) is 24.6 Å². The second-order valence-corrected chi connectivity index (χ2v) is 7.66. The third-order valence-corrected chi connectivity index (χ3v) is 5.84. The van der Waals surface area contributed by atoms with Gasteiger partial charge in [-0.2, -0.15) is 0 Å². The SMILES string of the molecule is O=S(=O)(NC1CC1)c1ccccc1N1CCC(CO)CC1. The van der Waals surface area contributed by atoms with E-state index in [0.29, 0.717) is 10.8 Å². The Morgan fingerprint density at radius 2 is 1.81 bits per heavy atom. The molecule has 0 atom stereocenters. The lowest BCUT2D eigenvalue weighted by atomic mass is 9.97. The van der Waals surface area contributed by atoms with E-state index in [-0.39, 0.29) is 12.6 Å². The number of para-hydroxylation sites is 1. The van der Waals surface area contributed by atoms with Gasteiger partial charge in [-0.1, -0.05) is 12.1 Å². The number of rotatable bonds is 5. The molecular weight excluding hydrogens is 288 g/mol. The number of hydrogen-bond acceptors (Lipinski definition) is 4. The number of anilines is 1. The van der Waals surface area contributed by atoms with Crippen molar-refractivity contribution in [1.82, 2.24) is 4.72 Å². The first-order chi connectivity index (χ1) is 10.1. The van der Waals surface area contributed by atoms with Crippen LogP contribution in [0.15, 0.2) is 29.2 Å². The minimum absolute atomic E-state index is 0.114. The number of nitrogens with one attached hydrogen (secondary N) is 1. The lowest BCUT2D eigenvalue weighted by Crippen LogP contribution is -2.36. The molecule has 116 valence electrons.